The van der Waals surface area contributed by atoms with E-state index in [1.165, 1.54) is 18.2 Å². The molecule has 0 bridgehead atoms. The zero-order chi connectivity index (χ0) is 26.2. The Morgan fingerprint density at radius 1 is 1.03 bits per heavy atom. The van der Waals surface area contributed by atoms with E-state index in [9.17, 15) is 14.0 Å². The molecule has 2 aliphatic heterocycles. The Morgan fingerprint density at radius 3 is 2.00 bits per heavy atom. The SMILES string of the molecule is CCC.CCCC1(CCC)OC(=O)C(C)=C1C(=O)N1CCN(c2ccc(SC(C)(C)F)cc2)CC1. The normalized spacial score (nSPS) is 17.8. The first-order valence-electron chi connectivity index (χ1n) is 13.0. The number of alkyl halides is 1. The maximum absolute atomic E-state index is 13.9. The van der Waals surface area contributed by atoms with E-state index in [1.807, 2.05) is 29.2 Å². The number of esters is 1. The first kappa shape index (κ1) is 29.2. The van der Waals surface area contributed by atoms with Gasteiger partial charge in [-0.15, -0.1) is 0 Å². The molecule has 1 aromatic carbocycles. The number of nitrogens with zero attached hydrogens (tertiary/aromatic N) is 2. The van der Waals surface area contributed by atoms with E-state index in [0.717, 1.165) is 23.4 Å². The van der Waals surface area contributed by atoms with Crippen molar-refractivity contribution in [3.63, 3.8) is 0 Å². The van der Waals surface area contributed by atoms with Gasteiger partial charge in [-0.3, -0.25) is 4.79 Å². The van der Waals surface area contributed by atoms with Crippen LogP contribution in [0.4, 0.5) is 10.1 Å². The van der Waals surface area contributed by atoms with Crippen molar-refractivity contribution < 1.29 is 18.7 Å². The Bertz CT molecular complexity index is 878. The summed E-state index contributed by atoms with van der Waals surface area (Å²) in [6.07, 6.45) is 4.29. The molecule has 1 saturated heterocycles. The number of thioether (sulfide) groups is 1. The number of ether oxygens (including phenoxy) is 1. The predicted octanol–water partition coefficient (Wildman–Crippen LogP) is 6.76. The van der Waals surface area contributed by atoms with Crippen molar-refractivity contribution in [2.75, 3.05) is 31.1 Å². The van der Waals surface area contributed by atoms with Crippen LogP contribution >= 0.6 is 11.8 Å². The van der Waals surface area contributed by atoms with Crippen LogP contribution in [0.1, 0.15) is 80.6 Å². The molecule has 0 unspecified atom stereocenters. The van der Waals surface area contributed by atoms with Crippen LogP contribution in [0.25, 0.3) is 0 Å². The molecule has 0 atom stereocenters. The van der Waals surface area contributed by atoms with Gasteiger partial charge in [0.05, 0.1) is 5.57 Å². The Kier molecular flexibility index (Phi) is 10.7. The van der Waals surface area contributed by atoms with Crippen molar-refractivity contribution in [1.29, 1.82) is 0 Å². The molecule has 2 aliphatic rings. The Labute approximate surface area is 215 Å². The molecule has 3 rings (SSSR count). The van der Waals surface area contributed by atoms with Crippen LogP contribution in [-0.2, 0) is 14.3 Å². The third-order valence-corrected chi connectivity index (χ3v) is 7.07. The van der Waals surface area contributed by atoms with Crippen LogP contribution in [0.2, 0.25) is 0 Å². The lowest BCUT2D eigenvalue weighted by Crippen LogP contribution is -2.51. The molecule has 2 heterocycles. The summed E-state index contributed by atoms with van der Waals surface area (Å²) >= 11 is 1.20. The van der Waals surface area contributed by atoms with Crippen molar-refractivity contribution >= 4 is 29.3 Å². The number of carbonyl (C=O) groups is 2. The quantitative estimate of drug-likeness (QED) is 0.288. The predicted molar refractivity (Wildman–Crippen MR) is 144 cm³/mol. The number of halogens is 1. The summed E-state index contributed by atoms with van der Waals surface area (Å²) in [6.45, 7) is 15.8. The fourth-order valence-electron chi connectivity index (χ4n) is 4.72. The summed E-state index contributed by atoms with van der Waals surface area (Å²) in [5.41, 5.74) is 1.31. The second-order valence-corrected chi connectivity index (χ2v) is 11.5. The average Bonchev–Trinajstić information content (AvgIpc) is 3.03. The zero-order valence-corrected chi connectivity index (χ0v) is 23.4. The maximum atomic E-state index is 13.9. The van der Waals surface area contributed by atoms with Crippen molar-refractivity contribution in [3.05, 3.63) is 35.4 Å². The number of piperazine rings is 1. The Balaban J connectivity index is 0.00000137. The monoisotopic (exact) mass is 506 g/mol. The van der Waals surface area contributed by atoms with Crippen LogP contribution in [-0.4, -0.2) is 53.6 Å². The summed E-state index contributed by atoms with van der Waals surface area (Å²) in [5, 5.41) is -1.31. The van der Waals surface area contributed by atoms with E-state index in [-0.39, 0.29) is 11.9 Å². The molecule has 0 N–H and O–H groups in total. The third-order valence-electron chi connectivity index (χ3n) is 6.08. The van der Waals surface area contributed by atoms with E-state index in [2.05, 4.69) is 32.6 Å². The summed E-state index contributed by atoms with van der Waals surface area (Å²) in [6, 6.07) is 7.90. The van der Waals surface area contributed by atoms with Crippen LogP contribution < -0.4 is 4.90 Å². The minimum Gasteiger partial charge on any atom is -0.451 e. The molecular formula is C28H43FN2O3S. The van der Waals surface area contributed by atoms with E-state index in [0.29, 0.717) is 50.2 Å². The maximum Gasteiger partial charge on any atom is 0.335 e. The Morgan fingerprint density at radius 2 is 1.54 bits per heavy atom. The molecule has 7 heteroatoms. The fourth-order valence-corrected chi connectivity index (χ4v) is 5.55. The number of cyclic esters (lactones) is 1. The van der Waals surface area contributed by atoms with E-state index in [1.54, 1.807) is 20.8 Å². The molecule has 0 aliphatic carbocycles. The number of benzene rings is 1. The van der Waals surface area contributed by atoms with Gasteiger partial charge in [0.25, 0.3) is 5.91 Å². The lowest BCUT2D eigenvalue weighted by atomic mass is 9.83. The molecular weight excluding hydrogens is 463 g/mol. The molecule has 1 fully saturated rings. The van der Waals surface area contributed by atoms with Crippen molar-refractivity contribution in [2.24, 2.45) is 0 Å². The number of anilines is 1. The molecule has 0 saturated carbocycles. The fraction of sp³-hybridized carbons (Fsp3) is 0.643. The minimum atomic E-state index is -1.31. The summed E-state index contributed by atoms with van der Waals surface area (Å²) in [7, 11) is 0. The van der Waals surface area contributed by atoms with Crippen LogP contribution in [0.15, 0.2) is 40.3 Å². The average molecular weight is 507 g/mol. The van der Waals surface area contributed by atoms with Gasteiger partial charge in [0.2, 0.25) is 0 Å². The van der Waals surface area contributed by atoms with Crippen molar-refractivity contribution in [2.45, 2.75) is 96.1 Å². The van der Waals surface area contributed by atoms with Gasteiger partial charge in [-0.1, -0.05) is 58.7 Å². The third kappa shape index (κ3) is 7.48. The van der Waals surface area contributed by atoms with E-state index < -0.39 is 10.6 Å². The topological polar surface area (TPSA) is 49.9 Å². The van der Waals surface area contributed by atoms with Gasteiger partial charge in [-0.2, -0.15) is 0 Å². The van der Waals surface area contributed by atoms with Gasteiger partial charge in [-0.05, 0) is 57.9 Å². The van der Waals surface area contributed by atoms with Crippen LogP contribution in [0.3, 0.4) is 0 Å². The highest BCUT2D eigenvalue weighted by Gasteiger charge is 2.49. The Hall–Kier alpha value is -2.02. The molecule has 5 nitrogen and oxygen atoms in total. The number of amides is 1. The first-order valence-corrected chi connectivity index (χ1v) is 13.8. The van der Waals surface area contributed by atoms with Crippen molar-refractivity contribution in [3.8, 4) is 0 Å². The second-order valence-electron chi connectivity index (χ2n) is 9.83. The standard InChI is InChI=1S/C25H35FN2O3S.C3H8/c1-6-12-25(13-7-2)21(18(3)23(30)31-25)22(29)28-16-14-27(15-17-28)19-8-10-20(11-9-19)32-24(4,5)26;1-3-2/h8-11H,6-7,12-17H2,1-5H3;3H2,1-2H3. The lowest BCUT2D eigenvalue weighted by Gasteiger charge is -2.38. The molecule has 1 amide bonds. The number of rotatable bonds is 8. The highest BCUT2D eigenvalue weighted by atomic mass is 32.2. The van der Waals surface area contributed by atoms with Gasteiger partial charge in [0.15, 0.2) is 5.00 Å². The second kappa shape index (κ2) is 12.8. The van der Waals surface area contributed by atoms with E-state index >= 15 is 0 Å². The van der Waals surface area contributed by atoms with Gasteiger partial charge in [0, 0.05) is 42.3 Å². The minimum absolute atomic E-state index is 0.0631. The first-order chi connectivity index (χ1) is 16.5. The van der Waals surface area contributed by atoms with Crippen LogP contribution in [0, 0.1) is 0 Å². The van der Waals surface area contributed by atoms with Crippen LogP contribution in [0.5, 0.6) is 0 Å². The van der Waals surface area contributed by atoms with Gasteiger partial charge < -0.3 is 14.5 Å². The largest absolute Gasteiger partial charge is 0.451 e. The molecule has 0 spiro atoms. The highest BCUT2D eigenvalue weighted by Crippen LogP contribution is 2.41. The number of carbonyl (C=O) groups excluding carboxylic acids is 2. The summed E-state index contributed by atoms with van der Waals surface area (Å²) in [5.74, 6) is -0.421. The summed E-state index contributed by atoms with van der Waals surface area (Å²) in [4.78, 5) is 30.9. The lowest BCUT2D eigenvalue weighted by molar-refractivity contribution is -0.149. The molecule has 35 heavy (non-hydrogen) atoms. The molecule has 0 aromatic heterocycles. The molecule has 1 aromatic rings. The van der Waals surface area contributed by atoms with Gasteiger partial charge in [-0.25, -0.2) is 9.18 Å². The summed E-state index contributed by atoms with van der Waals surface area (Å²) < 4.78 is 19.7. The van der Waals surface area contributed by atoms with Crippen molar-refractivity contribution in [1.82, 2.24) is 4.90 Å². The molecule has 196 valence electrons. The molecule has 0 radical (unpaired) electrons. The zero-order valence-electron chi connectivity index (χ0n) is 22.6. The number of hydrogen-bond acceptors (Lipinski definition) is 5. The van der Waals surface area contributed by atoms with Gasteiger partial charge >= 0.3 is 5.97 Å². The highest BCUT2D eigenvalue weighted by molar-refractivity contribution is 8.00. The van der Waals surface area contributed by atoms with Gasteiger partial charge in [0.1, 0.15) is 5.60 Å². The smallest absolute Gasteiger partial charge is 0.335 e. The number of hydrogen-bond donors (Lipinski definition) is 0. The van der Waals surface area contributed by atoms with E-state index in [4.69, 9.17) is 4.74 Å².